The van der Waals surface area contributed by atoms with E-state index < -0.39 is 0 Å². The maximum atomic E-state index is 6.36. The van der Waals surface area contributed by atoms with Crippen LogP contribution >= 0.6 is 11.8 Å². The van der Waals surface area contributed by atoms with Crippen molar-refractivity contribution in [3.8, 4) is 28.5 Å². The van der Waals surface area contributed by atoms with Gasteiger partial charge in [-0.05, 0) is 53.5 Å². The predicted octanol–water partition coefficient (Wildman–Crippen LogP) is 4.52. The molecule has 10 heteroatoms. The normalized spacial score (nSPS) is 12.0. The molecule has 5 rings (SSSR count). The Morgan fingerprint density at radius 1 is 0.897 bits per heavy atom. The van der Waals surface area contributed by atoms with Crippen molar-refractivity contribution in [1.82, 2.24) is 19.9 Å². The summed E-state index contributed by atoms with van der Waals surface area (Å²) in [5.41, 5.74) is 16.2. The van der Waals surface area contributed by atoms with E-state index in [-0.39, 0.29) is 6.04 Å². The highest BCUT2D eigenvalue weighted by molar-refractivity contribution is 7.99. The molecule has 4 heterocycles. The van der Waals surface area contributed by atoms with E-state index in [0.29, 0.717) is 35.4 Å². The first kappa shape index (κ1) is 26.5. The summed E-state index contributed by atoms with van der Waals surface area (Å²) in [6.45, 7) is 0.388. The highest BCUT2D eigenvalue weighted by atomic mass is 32.2. The van der Waals surface area contributed by atoms with Gasteiger partial charge in [-0.15, -0.1) is 0 Å². The molecule has 0 amide bonds. The summed E-state index contributed by atoms with van der Waals surface area (Å²) >= 11 is 1.81. The topological polar surface area (TPSA) is 131 Å². The van der Waals surface area contributed by atoms with Crippen molar-refractivity contribution in [2.24, 2.45) is 5.73 Å². The van der Waals surface area contributed by atoms with Gasteiger partial charge in [0, 0.05) is 59.0 Å². The lowest BCUT2D eigenvalue weighted by molar-refractivity contribution is 0.297. The number of pyridine rings is 4. The van der Waals surface area contributed by atoms with Crippen LogP contribution in [0.15, 0.2) is 67.4 Å². The Labute approximate surface area is 230 Å². The largest absolute Gasteiger partial charge is 0.493 e. The number of anilines is 1. The van der Waals surface area contributed by atoms with E-state index in [4.69, 9.17) is 25.7 Å². The lowest BCUT2D eigenvalue weighted by atomic mass is 10.0. The van der Waals surface area contributed by atoms with Crippen LogP contribution in [0.2, 0.25) is 0 Å². The summed E-state index contributed by atoms with van der Waals surface area (Å²) in [4.78, 5) is 17.6. The number of hydrogen-bond acceptors (Lipinski definition) is 10. The number of nitrogen functional groups attached to an aromatic ring is 1. The highest BCUT2D eigenvalue weighted by Crippen LogP contribution is 2.37. The van der Waals surface area contributed by atoms with Crippen LogP contribution in [0.4, 0.5) is 5.82 Å². The highest BCUT2D eigenvalue weighted by Gasteiger charge is 2.14. The molecule has 4 N–H and O–H groups in total. The minimum atomic E-state index is -0.101. The third-order valence-electron chi connectivity index (χ3n) is 6.30. The first-order chi connectivity index (χ1) is 19.1. The zero-order valence-corrected chi connectivity index (χ0v) is 22.6. The van der Waals surface area contributed by atoms with Gasteiger partial charge in [0.25, 0.3) is 0 Å². The molecule has 0 unspecified atom stereocenters. The summed E-state index contributed by atoms with van der Waals surface area (Å²) in [7, 11) is 3.21. The Hall–Kier alpha value is -4.15. The van der Waals surface area contributed by atoms with Gasteiger partial charge in [0.05, 0.1) is 31.6 Å². The molecule has 1 aromatic carbocycles. The van der Waals surface area contributed by atoms with Crippen LogP contribution in [-0.4, -0.2) is 58.3 Å². The van der Waals surface area contributed by atoms with E-state index in [1.54, 1.807) is 32.8 Å². The maximum absolute atomic E-state index is 6.36. The van der Waals surface area contributed by atoms with E-state index in [1.807, 2.05) is 60.6 Å². The third kappa shape index (κ3) is 6.13. The number of aromatic nitrogens is 4. The molecule has 5 aromatic rings. The van der Waals surface area contributed by atoms with Gasteiger partial charge in [-0.2, -0.15) is 11.8 Å². The fourth-order valence-corrected chi connectivity index (χ4v) is 5.22. The van der Waals surface area contributed by atoms with Crippen molar-refractivity contribution >= 4 is 39.3 Å². The zero-order valence-electron chi connectivity index (χ0n) is 21.8. The van der Waals surface area contributed by atoms with E-state index in [2.05, 4.69) is 19.9 Å². The second kappa shape index (κ2) is 12.1. The van der Waals surface area contributed by atoms with Gasteiger partial charge in [0.1, 0.15) is 18.2 Å². The maximum Gasteiger partial charge on any atom is 0.162 e. The molecular weight excluding hydrogens is 512 g/mol. The summed E-state index contributed by atoms with van der Waals surface area (Å²) in [5, 5.41) is 2.54. The number of rotatable bonds is 11. The quantitative estimate of drug-likeness (QED) is 0.181. The monoisotopic (exact) mass is 542 g/mol. The molecule has 0 saturated heterocycles. The van der Waals surface area contributed by atoms with Crippen LogP contribution < -0.4 is 25.7 Å². The van der Waals surface area contributed by atoms with E-state index >= 15 is 0 Å². The predicted molar refractivity (Wildman–Crippen MR) is 157 cm³/mol. The molecule has 0 aliphatic carbocycles. The van der Waals surface area contributed by atoms with Crippen molar-refractivity contribution in [2.75, 3.05) is 38.1 Å². The van der Waals surface area contributed by atoms with Gasteiger partial charge in [-0.25, -0.2) is 4.98 Å². The Kier molecular flexibility index (Phi) is 8.24. The molecule has 4 aromatic heterocycles. The molecule has 0 spiro atoms. The average Bonchev–Trinajstić information content (AvgIpc) is 2.98. The van der Waals surface area contributed by atoms with Crippen LogP contribution in [0.3, 0.4) is 0 Å². The van der Waals surface area contributed by atoms with Gasteiger partial charge in [-0.3, -0.25) is 15.0 Å². The molecule has 0 saturated carbocycles. The number of nitrogens with zero attached hydrogens (tertiary/aromatic N) is 4. The molecule has 0 fully saturated rings. The number of nitrogens with two attached hydrogens (primary N) is 2. The van der Waals surface area contributed by atoms with Gasteiger partial charge in [-0.1, -0.05) is 0 Å². The van der Waals surface area contributed by atoms with Crippen molar-refractivity contribution in [3.05, 3.63) is 72.9 Å². The second-order valence-electron chi connectivity index (χ2n) is 9.00. The fourth-order valence-electron chi connectivity index (χ4n) is 4.27. The molecule has 0 bridgehead atoms. The Morgan fingerprint density at radius 3 is 2.49 bits per heavy atom. The van der Waals surface area contributed by atoms with Crippen LogP contribution in [0, 0.1) is 0 Å². The van der Waals surface area contributed by atoms with Gasteiger partial charge < -0.3 is 25.7 Å². The van der Waals surface area contributed by atoms with Crippen LogP contribution in [0.5, 0.6) is 17.2 Å². The summed E-state index contributed by atoms with van der Waals surface area (Å²) in [5.74, 6) is 4.02. The number of aryl methyl sites for hydroxylation is 1. The Balaban J connectivity index is 1.30. The van der Waals surface area contributed by atoms with Crippen molar-refractivity contribution in [2.45, 2.75) is 12.5 Å². The number of hydrogen-bond donors (Lipinski definition) is 2. The summed E-state index contributed by atoms with van der Waals surface area (Å²) < 4.78 is 16.9. The first-order valence-corrected chi connectivity index (χ1v) is 13.6. The van der Waals surface area contributed by atoms with Crippen molar-refractivity contribution in [3.63, 3.8) is 0 Å². The number of fused-ring (bicyclic) bond motifs is 3. The minimum absolute atomic E-state index is 0.101. The average molecular weight is 543 g/mol. The molecule has 1 atom stereocenters. The standard InChI is InChI=1S/C29H30N6O3S/c1-36-27-11-23-22-10-25(35-29(31)24(22)15-34-26(23)12-28(27)37-2)19-9-21(14-33-13-19)38-16-20(30)17-39-8-5-18-3-6-32-7-4-18/h3-4,6-7,9-15,20H,5,8,16-17,30H2,1-2H3,(H2,31,35)/t20-/m1/s1. The zero-order chi connectivity index (χ0) is 27.2. The van der Waals surface area contributed by atoms with E-state index in [0.717, 1.165) is 45.2 Å². The Bertz CT molecular complexity index is 1580. The molecule has 0 aliphatic heterocycles. The van der Waals surface area contributed by atoms with Crippen LogP contribution in [-0.2, 0) is 6.42 Å². The molecule has 9 nitrogen and oxygen atoms in total. The van der Waals surface area contributed by atoms with Gasteiger partial charge in [0.2, 0.25) is 0 Å². The molecule has 39 heavy (non-hydrogen) atoms. The molecular formula is C29H30N6O3S. The Morgan fingerprint density at radius 2 is 1.69 bits per heavy atom. The molecule has 200 valence electrons. The second-order valence-corrected chi connectivity index (χ2v) is 10.1. The lowest BCUT2D eigenvalue weighted by Gasteiger charge is -2.14. The molecule has 0 radical (unpaired) electrons. The van der Waals surface area contributed by atoms with Crippen molar-refractivity contribution < 1.29 is 14.2 Å². The van der Waals surface area contributed by atoms with Gasteiger partial charge in [0.15, 0.2) is 11.5 Å². The van der Waals surface area contributed by atoms with Crippen molar-refractivity contribution in [1.29, 1.82) is 0 Å². The summed E-state index contributed by atoms with van der Waals surface area (Å²) in [6, 6.07) is 11.6. The van der Waals surface area contributed by atoms with E-state index in [9.17, 15) is 0 Å². The lowest BCUT2D eigenvalue weighted by Crippen LogP contribution is -2.30. The summed E-state index contributed by atoms with van der Waals surface area (Å²) in [6.07, 6.45) is 9.76. The van der Waals surface area contributed by atoms with E-state index in [1.165, 1.54) is 5.56 Å². The molecule has 0 aliphatic rings. The number of benzene rings is 1. The first-order valence-electron chi connectivity index (χ1n) is 12.5. The third-order valence-corrected chi connectivity index (χ3v) is 7.46. The van der Waals surface area contributed by atoms with Gasteiger partial charge >= 0.3 is 0 Å². The number of thioether (sulfide) groups is 1. The number of ether oxygens (including phenoxy) is 3. The van der Waals surface area contributed by atoms with Crippen LogP contribution in [0.25, 0.3) is 32.9 Å². The number of methoxy groups -OCH3 is 2. The fraction of sp³-hybridized carbons (Fsp3) is 0.241. The smallest absolute Gasteiger partial charge is 0.162 e. The van der Waals surface area contributed by atoms with Crippen LogP contribution in [0.1, 0.15) is 5.56 Å². The SMILES string of the molecule is COc1cc2ncc3c(N)nc(-c4cncc(OC[C@@H](N)CSCCc5ccncc5)c4)cc3c2cc1OC. The minimum Gasteiger partial charge on any atom is -0.493 e.